The van der Waals surface area contributed by atoms with Crippen LogP contribution in [-0.2, 0) is 6.42 Å². The summed E-state index contributed by atoms with van der Waals surface area (Å²) >= 11 is 0. The molecule has 1 atom stereocenters. The van der Waals surface area contributed by atoms with Crippen molar-refractivity contribution in [1.29, 1.82) is 0 Å². The van der Waals surface area contributed by atoms with E-state index in [1.165, 1.54) is 0 Å². The summed E-state index contributed by atoms with van der Waals surface area (Å²) < 4.78 is 0. The number of aliphatic hydroxyl groups excluding tert-OH is 1. The standard InChI is InChI=1S/C17H26N2O3/c1-12(11-13-3-7-15(20)8-4-13)19(2)17(22)18-14-5-9-16(21)10-6-14/h3-4,7-8,12,14,16,20-21H,5-6,9-11H2,1-2H3,(H,18,22)/t12-,14?,16?/m1/s1. The van der Waals surface area contributed by atoms with E-state index in [1.807, 2.05) is 19.1 Å². The maximum atomic E-state index is 12.3. The number of nitrogens with zero attached hydrogens (tertiary/aromatic N) is 1. The van der Waals surface area contributed by atoms with Gasteiger partial charge in [-0.2, -0.15) is 0 Å². The van der Waals surface area contributed by atoms with Crippen molar-refractivity contribution < 1.29 is 15.0 Å². The van der Waals surface area contributed by atoms with Crippen LogP contribution < -0.4 is 5.32 Å². The summed E-state index contributed by atoms with van der Waals surface area (Å²) in [4.78, 5) is 14.0. The van der Waals surface area contributed by atoms with Gasteiger partial charge in [-0.25, -0.2) is 4.79 Å². The quantitative estimate of drug-likeness (QED) is 0.799. The van der Waals surface area contributed by atoms with Crippen LogP contribution >= 0.6 is 0 Å². The van der Waals surface area contributed by atoms with Gasteiger partial charge in [-0.3, -0.25) is 0 Å². The van der Waals surface area contributed by atoms with Gasteiger partial charge in [0, 0.05) is 19.1 Å². The Balaban J connectivity index is 1.82. The highest BCUT2D eigenvalue weighted by Gasteiger charge is 2.23. The highest BCUT2D eigenvalue weighted by atomic mass is 16.3. The number of aliphatic hydroxyl groups is 1. The zero-order chi connectivity index (χ0) is 16.1. The van der Waals surface area contributed by atoms with Crippen molar-refractivity contribution in [3.8, 4) is 5.75 Å². The second-order valence-electron chi connectivity index (χ2n) is 6.29. The van der Waals surface area contributed by atoms with E-state index >= 15 is 0 Å². The molecular weight excluding hydrogens is 280 g/mol. The van der Waals surface area contributed by atoms with Crippen LogP contribution in [0.3, 0.4) is 0 Å². The molecule has 1 aromatic rings. The predicted molar refractivity (Wildman–Crippen MR) is 85.8 cm³/mol. The first kappa shape index (κ1) is 16.6. The van der Waals surface area contributed by atoms with E-state index in [1.54, 1.807) is 24.1 Å². The molecule has 1 aromatic carbocycles. The molecule has 122 valence electrons. The minimum Gasteiger partial charge on any atom is -0.508 e. The topological polar surface area (TPSA) is 72.8 Å². The van der Waals surface area contributed by atoms with Crippen molar-refractivity contribution in [3.05, 3.63) is 29.8 Å². The third-order valence-electron chi connectivity index (χ3n) is 4.47. The van der Waals surface area contributed by atoms with Gasteiger partial charge in [-0.1, -0.05) is 12.1 Å². The number of hydrogen-bond acceptors (Lipinski definition) is 3. The summed E-state index contributed by atoms with van der Waals surface area (Å²) in [6.45, 7) is 2.01. The van der Waals surface area contributed by atoms with Crippen LogP contribution in [0.5, 0.6) is 5.75 Å². The van der Waals surface area contributed by atoms with E-state index in [9.17, 15) is 15.0 Å². The number of urea groups is 1. The number of likely N-dealkylation sites (N-methyl/N-ethyl adjacent to an activating group) is 1. The fourth-order valence-electron chi connectivity index (χ4n) is 2.81. The molecule has 0 spiro atoms. The molecule has 0 aliphatic heterocycles. The number of phenolic OH excluding ortho intramolecular Hbond substituents is 1. The zero-order valence-corrected chi connectivity index (χ0v) is 13.3. The second kappa shape index (κ2) is 7.49. The van der Waals surface area contributed by atoms with Gasteiger partial charge in [-0.05, 0) is 56.7 Å². The van der Waals surface area contributed by atoms with Gasteiger partial charge in [0.2, 0.25) is 0 Å². The number of nitrogens with one attached hydrogen (secondary N) is 1. The Hall–Kier alpha value is -1.75. The second-order valence-corrected chi connectivity index (χ2v) is 6.29. The molecule has 0 unspecified atom stereocenters. The van der Waals surface area contributed by atoms with Gasteiger partial charge in [-0.15, -0.1) is 0 Å². The van der Waals surface area contributed by atoms with Crippen molar-refractivity contribution in [2.75, 3.05) is 7.05 Å². The molecule has 0 heterocycles. The SMILES string of the molecule is C[C@H](Cc1ccc(O)cc1)N(C)C(=O)NC1CCC(O)CC1. The Bertz CT molecular complexity index is 481. The molecule has 0 radical (unpaired) electrons. The van der Waals surface area contributed by atoms with Crippen molar-refractivity contribution in [1.82, 2.24) is 10.2 Å². The Morgan fingerprint density at radius 1 is 1.27 bits per heavy atom. The van der Waals surface area contributed by atoms with Crippen LogP contribution in [0.4, 0.5) is 4.79 Å². The molecule has 0 aromatic heterocycles. The first-order chi connectivity index (χ1) is 10.5. The largest absolute Gasteiger partial charge is 0.508 e. The van der Waals surface area contributed by atoms with Crippen molar-refractivity contribution in [3.63, 3.8) is 0 Å². The molecule has 2 amide bonds. The number of carbonyl (C=O) groups is 1. The molecule has 3 N–H and O–H groups in total. The molecule has 1 saturated carbocycles. The number of hydrogen-bond donors (Lipinski definition) is 3. The first-order valence-electron chi connectivity index (χ1n) is 7.95. The molecule has 5 nitrogen and oxygen atoms in total. The fraction of sp³-hybridized carbons (Fsp3) is 0.588. The monoisotopic (exact) mass is 306 g/mol. The molecule has 0 bridgehead atoms. The van der Waals surface area contributed by atoms with Gasteiger partial charge >= 0.3 is 6.03 Å². The Morgan fingerprint density at radius 2 is 1.86 bits per heavy atom. The average molecular weight is 306 g/mol. The van der Waals surface area contributed by atoms with Crippen LogP contribution in [-0.4, -0.2) is 46.4 Å². The summed E-state index contributed by atoms with van der Waals surface area (Å²) in [5.74, 6) is 0.252. The van der Waals surface area contributed by atoms with Crippen LogP contribution in [0.15, 0.2) is 24.3 Å². The van der Waals surface area contributed by atoms with Gasteiger partial charge in [0.05, 0.1) is 6.10 Å². The van der Waals surface area contributed by atoms with Crippen molar-refractivity contribution >= 4 is 6.03 Å². The molecular formula is C17H26N2O3. The maximum Gasteiger partial charge on any atom is 0.317 e. The van der Waals surface area contributed by atoms with Crippen LogP contribution in [0.1, 0.15) is 38.2 Å². The minimum absolute atomic E-state index is 0.0623. The third-order valence-corrected chi connectivity index (χ3v) is 4.47. The van der Waals surface area contributed by atoms with E-state index in [0.29, 0.717) is 0 Å². The number of phenols is 1. The molecule has 1 fully saturated rings. The summed E-state index contributed by atoms with van der Waals surface area (Å²) in [6, 6.07) is 7.25. The van der Waals surface area contributed by atoms with E-state index in [-0.39, 0.29) is 30.0 Å². The summed E-state index contributed by atoms with van der Waals surface area (Å²) in [5.41, 5.74) is 1.09. The van der Waals surface area contributed by atoms with E-state index in [2.05, 4.69) is 5.32 Å². The highest BCUT2D eigenvalue weighted by Crippen LogP contribution is 2.19. The lowest BCUT2D eigenvalue weighted by Gasteiger charge is -2.31. The van der Waals surface area contributed by atoms with E-state index in [4.69, 9.17) is 0 Å². The smallest absolute Gasteiger partial charge is 0.317 e. The van der Waals surface area contributed by atoms with Crippen molar-refractivity contribution in [2.45, 2.75) is 57.2 Å². The highest BCUT2D eigenvalue weighted by molar-refractivity contribution is 5.74. The number of benzene rings is 1. The number of amides is 2. The van der Waals surface area contributed by atoms with Crippen LogP contribution in [0.2, 0.25) is 0 Å². The number of rotatable bonds is 4. The minimum atomic E-state index is -0.209. The normalized spacial score (nSPS) is 22.9. The average Bonchev–Trinajstić information content (AvgIpc) is 2.51. The van der Waals surface area contributed by atoms with Gasteiger partial charge in [0.25, 0.3) is 0 Å². The molecule has 1 aliphatic carbocycles. The third kappa shape index (κ3) is 4.63. The van der Waals surface area contributed by atoms with Gasteiger partial charge < -0.3 is 20.4 Å². The van der Waals surface area contributed by atoms with Crippen LogP contribution in [0.25, 0.3) is 0 Å². The Labute approximate surface area is 131 Å². The molecule has 22 heavy (non-hydrogen) atoms. The molecule has 2 rings (SSSR count). The Morgan fingerprint density at radius 3 is 2.45 bits per heavy atom. The first-order valence-corrected chi connectivity index (χ1v) is 7.95. The molecule has 0 saturated heterocycles. The van der Waals surface area contributed by atoms with Crippen LogP contribution in [0, 0.1) is 0 Å². The van der Waals surface area contributed by atoms with Crippen molar-refractivity contribution in [2.24, 2.45) is 0 Å². The fourth-order valence-corrected chi connectivity index (χ4v) is 2.81. The molecule has 1 aliphatic rings. The lowest BCUT2D eigenvalue weighted by Crippen LogP contribution is -2.48. The molecule has 5 heteroatoms. The lowest BCUT2D eigenvalue weighted by atomic mass is 9.93. The maximum absolute atomic E-state index is 12.3. The zero-order valence-electron chi connectivity index (χ0n) is 13.3. The van der Waals surface area contributed by atoms with Gasteiger partial charge in [0.1, 0.15) is 5.75 Å². The number of carbonyl (C=O) groups excluding carboxylic acids is 1. The summed E-state index contributed by atoms with van der Waals surface area (Å²) in [7, 11) is 1.80. The van der Waals surface area contributed by atoms with E-state index < -0.39 is 0 Å². The lowest BCUT2D eigenvalue weighted by molar-refractivity contribution is 0.115. The summed E-state index contributed by atoms with van der Waals surface area (Å²) in [6.07, 6.45) is 3.74. The van der Waals surface area contributed by atoms with Gasteiger partial charge in [0.15, 0.2) is 0 Å². The predicted octanol–water partition coefficient (Wildman–Crippen LogP) is 2.27. The Kier molecular flexibility index (Phi) is 5.66. The summed E-state index contributed by atoms with van der Waals surface area (Å²) in [5, 5.41) is 21.8. The van der Waals surface area contributed by atoms with E-state index in [0.717, 1.165) is 37.7 Å². The number of aromatic hydroxyl groups is 1.